The molecule has 1 N–H and O–H groups in total. The molecule has 0 aliphatic carbocycles. The molecule has 0 bridgehead atoms. The van der Waals surface area contributed by atoms with E-state index in [-0.39, 0.29) is 12.0 Å². The predicted molar refractivity (Wildman–Crippen MR) is 87.1 cm³/mol. The first-order valence-corrected chi connectivity index (χ1v) is 8.36. The lowest BCUT2D eigenvalue weighted by molar-refractivity contribution is 0.217. The first-order chi connectivity index (χ1) is 11.7. The van der Waals surface area contributed by atoms with E-state index >= 15 is 0 Å². The summed E-state index contributed by atoms with van der Waals surface area (Å²) in [7, 11) is 0. The Balaban J connectivity index is 1.49. The zero-order valence-electron chi connectivity index (χ0n) is 13.9. The van der Waals surface area contributed by atoms with Gasteiger partial charge in [0.05, 0.1) is 12.6 Å². The van der Waals surface area contributed by atoms with Gasteiger partial charge in [0.1, 0.15) is 11.5 Å². The normalized spacial score (nSPS) is 18.7. The van der Waals surface area contributed by atoms with E-state index in [4.69, 9.17) is 8.94 Å². The molecule has 1 saturated heterocycles. The zero-order valence-corrected chi connectivity index (χ0v) is 13.9. The molecule has 0 amide bonds. The Morgan fingerprint density at radius 2 is 2.25 bits per heavy atom. The maximum absolute atomic E-state index is 5.94. The number of hydrogen-bond acceptors (Lipinski definition) is 6. The molecule has 4 heterocycles. The summed E-state index contributed by atoms with van der Waals surface area (Å²) < 4.78 is 11.3. The third-order valence-corrected chi connectivity index (χ3v) is 4.40. The molecule has 1 aliphatic rings. The molecule has 1 fully saturated rings. The SMILES string of the molecule is CC(C)c1nc(C2CCCN2Cc2ccc(-c3ccn[nH]3)o2)no1. The van der Waals surface area contributed by atoms with Crippen molar-refractivity contribution in [2.24, 2.45) is 0 Å². The van der Waals surface area contributed by atoms with Gasteiger partial charge in [-0.2, -0.15) is 10.1 Å². The number of likely N-dealkylation sites (tertiary alicyclic amines) is 1. The summed E-state index contributed by atoms with van der Waals surface area (Å²) >= 11 is 0. The van der Waals surface area contributed by atoms with Crippen LogP contribution in [0.2, 0.25) is 0 Å². The number of H-pyrrole nitrogens is 1. The molecular weight excluding hydrogens is 306 g/mol. The Bertz CT molecular complexity index is 790. The summed E-state index contributed by atoms with van der Waals surface area (Å²) in [6, 6.07) is 6.08. The van der Waals surface area contributed by atoms with Crippen molar-refractivity contribution in [3.63, 3.8) is 0 Å². The molecule has 24 heavy (non-hydrogen) atoms. The lowest BCUT2D eigenvalue weighted by atomic mass is 10.2. The average molecular weight is 327 g/mol. The van der Waals surface area contributed by atoms with Crippen molar-refractivity contribution < 1.29 is 8.94 Å². The molecule has 126 valence electrons. The molecule has 1 atom stereocenters. The Hall–Kier alpha value is -2.41. The third-order valence-electron chi connectivity index (χ3n) is 4.40. The Morgan fingerprint density at radius 3 is 3.00 bits per heavy atom. The van der Waals surface area contributed by atoms with Crippen LogP contribution >= 0.6 is 0 Å². The van der Waals surface area contributed by atoms with Gasteiger partial charge in [-0.05, 0) is 37.6 Å². The van der Waals surface area contributed by atoms with Crippen LogP contribution in [0.4, 0.5) is 0 Å². The van der Waals surface area contributed by atoms with E-state index in [9.17, 15) is 0 Å². The summed E-state index contributed by atoms with van der Waals surface area (Å²) in [4.78, 5) is 6.92. The number of rotatable bonds is 5. The highest BCUT2D eigenvalue weighted by Gasteiger charge is 2.31. The maximum atomic E-state index is 5.94. The molecule has 0 aromatic carbocycles. The second-order valence-electron chi connectivity index (χ2n) is 6.51. The van der Waals surface area contributed by atoms with E-state index in [0.717, 1.165) is 49.0 Å². The summed E-state index contributed by atoms with van der Waals surface area (Å²) in [5.41, 5.74) is 0.888. The highest BCUT2D eigenvalue weighted by molar-refractivity contribution is 5.51. The van der Waals surface area contributed by atoms with Crippen LogP contribution in [-0.4, -0.2) is 31.8 Å². The van der Waals surface area contributed by atoms with Crippen molar-refractivity contribution in [2.75, 3.05) is 6.54 Å². The van der Waals surface area contributed by atoms with Gasteiger partial charge in [0.15, 0.2) is 11.6 Å². The predicted octanol–water partition coefficient (Wildman–Crippen LogP) is 3.51. The van der Waals surface area contributed by atoms with Crippen molar-refractivity contribution in [3.05, 3.63) is 41.9 Å². The Kier molecular flexibility index (Phi) is 3.93. The molecule has 7 nitrogen and oxygen atoms in total. The molecular formula is C17H21N5O2. The fourth-order valence-corrected chi connectivity index (χ4v) is 3.13. The number of aromatic nitrogens is 4. The van der Waals surface area contributed by atoms with Crippen molar-refractivity contribution in [3.8, 4) is 11.5 Å². The highest BCUT2D eigenvalue weighted by atomic mass is 16.5. The van der Waals surface area contributed by atoms with Crippen molar-refractivity contribution in [1.29, 1.82) is 0 Å². The van der Waals surface area contributed by atoms with Crippen LogP contribution in [0.15, 0.2) is 33.3 Å². The first-order valence-electron chi connectivity index (χ1n) is 8.36. The fourth-order valence-electron chi connectivity index (χ4n) is 3.13. The average Bonchev–Trinajstić information content (AvgIpc) is 3.35. The minimum atomic E-state index is 0.196. The van der Waals surface area contributed by atoms with Gasteiger partial charge in [-0.3, -0.25) is 10.00 Å². The lowest BCUT2D eigenvalue weighted by Crippen LogP contribution is -2.23. The molecule has 0 spiro atoms. The van der Waals surface area contributed by atoms with Crippen LogP contribution in [0.5, 0.6) is 0 Å². The van der Waals surface area contributed by atoms with Gasteiger partial charge < -0.3 is 8.94 Å². The van der Waals surface area contributed by atoms with Crippen LogP contribution in [0, 0.1) is 0 Å². The van der Waals surface area contributed by atoms with Crippen LogP contribution in [0.1, 0.15) is 56.1 Å². The third kappa shape index (κ3) is 2.87. The van der Waals surface area contributed by atoms with Gasteiger partial charge in [0.2, 0.25) is 5.89 Å². The van der Waals surface area contributed by atoms with Crippen LogP contribution in [-0.2, 0) is 6.54 Å². The number of nitrogens with zero attached hydrogens (tertiary/aromatic N) is 4. The van der Waals surface area contributed by atoms with E-state index < -0.39 is 0 Å². The molecule has 1 unspecified atom stereocenters. The second kappa shape index (κ2) is 6.24. The van der Waals surface area contributed by atoms with Gasteiger partial charge in [-0.25, -0.2) is 0 Å². The van der Waals surface area contributed by atoms with Crippen molar-refractivity contribution in [2.45, 2.75) is 45.2 Å². The van der Waals surface area contributed by atoms with E-state index in [0.29, 0.717) is 5.89 Å². The highest BCUT2D eigenvalue weighted by Crippen LogP contribution is 2.33. The van der Waals surface area contributed by atoms with E-state index in [1.165, 1.54) is 0 Å². The van der Waals surface area contributed by atoms with Gasteiger partial charge >= 0.3 is 0 Å². The van der Waals surface area contributed by atoms with Crippen LogP contribution in [0.3, 0.4) is 0 Å². The number of nitrogens with one attached hydrogen (secondary N) is 1. The fraction of sp³-hybridized carbons (Fsp3) is 0.471. The smallest absolute Gasteiger partial charge is 0.229 e. The molecule has 1 aliphatic heterocycles. The zero-order chi connectivity index (χ0) is 16.5. The molecule has 3 aromatic heterocycles. The maximum Gasteiger partial charge on any atom is 0.229 e. The summed E-state index contributed by atoms with van der Waals surface area (Å²) in [6.07, 6.45) is 3.89. The standard InChI is InChI=1S/C17H21N5O2/c1-11(2)17-19-16(21-24-17)14-4-3-9-22(14)10-12-5-6-15(23-12)13-7-8-18-20-13/h5-8,11,14H,3-4,9-10H2,1-2H3,(H,18,20). The van der Waals surface area contributed by atoms with Crippen LogP contribution in [0.25, 0.3) is 11.5 Å². The Labute approximate surface area is 140 Å². The first kappa shape index (κ1) is 15.1. The minimum absolute atomic E-state index is 0.196. The minimum Gasteiger partial charge on any atom is -0.458 e. The van der Waals surface area contributed by atoms with Gasteiger partial charge in [0.25, 0.3) is 0 Å². The monoisotopic (exact) mass is 327 g/mol. The van der Waals surface area contributed by atoms with Crippen LogP contribution < -0.4 is 0 Å². The second-order valence-corrected chi connectivity index (χ2v) is 6.51. The summed E-state index contributed by atoms with van der Waals surface area (Å²) in [5.74, 6) is 3.48. The van der Waals surface area contributed by atoms with Crippen molar-refractivity contribution >= 4 is 0 Å². The summed E-state index contributed by atoms with van der Waals surface area (Å²) in [5, 5.41) is 11.1. The topological polar surface area (TPSA) is 84.0 Å². The molecule has 3 aromatic rings. The van der Waals surface area contributed by atoms with Gasteiger partial charge in [-0.1, -0.05) is 19.0 Å². The van der Waals surface area contributed by atoms with Crippen molar-refractivity contribution in [1.82, 2.24) is 25.2 Å². The number of hydrogen-bond donors (Lipinski definition) is 1. The molecule has 0 radical (unpaired) electrons. The number of aromatic amines is 1. The largest absolute Gasteiger partial charge is 0.458 e. The summed E-state index contributed by atoms with van der Waals surface area (Å²) in [6.45, 7) is 5.87. The number of furan rings is 1. The Morgan fingerprint density at radius 1 is 1.33 bits per heavy atom. The van der Waals surface area contributed by atoms with E-state index in [1.54, 1.807) is 6.20 Å². The van der Waals surface area contributed by atoms with Gasteiger partial charge in [-0.15, -0.1) is 0 Å². The van der Waals surface area contributed by atoms with Gasteiger partial charge in [0, 0.05) is 12.1 Å². The van der Waals surface area contributed by atoms with E-state index in [2.05, 4.69) is 39.1 Å². The molecule has 4 rings (SSSR count). The quantitative estimate of drug-likeness (QED) is 0.772. The van der Waals surface area contributed by atoms with E-state index in [1.807, 2.05) is 18.2 Å². The molecule has 0 saturated carbocycles. The molecule has 7 heteroatoms. The lowest BCUT2D eigenvalue weighted by Gasteiger charge is -2.20.